The maximum absolute atomic E-state index is 13.9. The number of halogens is 1. The van der Waals surface area contributed by atoms with Gasteiger partial charge in [-0.15, -0.1) is 0 Å². The van der Waals surface area contributed by atoms with Gasteiger partial charge < -0.3 is 14.4 Å². The number of carbonyl (C=O) groups is 2. The molecule has 2 amide bonds. The number of nitrogens with one attached hydrogen (secondary N) is 1. The highest BCUT2D eigenvalue weighted by molar-refractivity contribution is 7.89. The van der Waals surface area contributed by atoms with Gasteiger partial charge in [-0.05, 0) is 56.0 Å². The molecule has 0 saturated carbocycles. The van der Waals surface area contributed by atoms with Crippen LogP contribution < -0.4 is 10.2 Å². The van der Waals surface area contributed by atoms with Crippen LogP contribution in [0.5, 0.6) is 11.6 Å². The van der Waals surface area contributed by atoms with E-state index in [0.29, 0.717) is 31.6 Å². The summed E-state index contributed by atoms with van der Waals surface area (Å²) in [5.41, 5.74) is 2.44. The standard InChI is InChI=1S/C27H34FN5O7S/c1-31(2)24(34)17-32-19-8-12-22(32)26(27(35)30-40-25-5-3-4-14-38-25)33(16-19)41(36,37)21-11-13-23(29-15-21)39-20-9-6-18(28)7-10-20/h6-7,9-11,13,15,19,22,25-26H,3-5,8,12,14,16-17H2,1-2H3,(H,30,35)/t19-,22+,25?,26-/m1/s1. The van der Waals surface area contributed by atoms with Gasteiger partial charge in [0, 0.05) is 51.8 Å². The van der Waals surface area contributed by atoms with E-state index < -0.39 is 40.1 Å². The van der Waals surface area contributed by atoms with Gasteiger partial charge in [0.2, 0.25) is 21.8 Å². The lowest BCUT2D eigenvalue weighted by Gasteiger charge is -2.45. The van der Waals surface area contributed by atoms with Crippen molar-refractivity contribution in [1.82, 2.24) is 24.6 Å². The van der Waals surface area contributed by atoms with Gasteiger partial charge in [0.1, 0.15) is 22.5 Å². The van der Waals surface area contributed by atoms with Crippen LogP contribution in [0.15, 0.2) is 47.5 Å². The van der Waals surface area contributed by atoms with Crippen LogP contribution in [0.4, 0.5) is 4.39 Å². The fourth-order valence-electron chi connectivity index (χ4n) is 5.44. The first kappa shape index (κ1) is 29.3. The molecule has 4 atom stereocenters. The zero-order valence-electron chi connectivity index (χ0n) is 22.9. The number of sulfonamides is 1. The van der Waals surface area contributed by atoms with Gasteiger partial charge in [0.05, 0.1) is 12.7 Å². The SMILES string of the molecule is CN(C)C(=O)CN1[C@@H]2CC[C@H]1[C@H](C(=O)NOC1CCCCO1)N(S(=O)(=O)c1ccc(Oc3ccc(F)cc3)nc1)C2. The molecule has 5 rings (SSSR count). The highest BCUT2D eigenvalue weighted by Gasteiger charge is 2.53. The molecule has 1 aromatic carbocycles. The van der Waals surface area contributed by atoms with E-state index in [-0.39, 0.29) is 35.8 Å². The quantitative estimate of drug-likeness (QED) is 0.435. The average Bonchev–Trinajstić information content (AvgIpc) is 3.22. The molecule has 3 fully saturated rings. The normalized spacial score (nSPS) is 25.0. The molecule has 2 bridgehead atoms. The summed E-state index contributed by atoms with van der Waals surface area (Å²) in [5, 5.41) is 0. The average molecular weight is 592 g/mol. The highest BCUT2D eigenvalue weighted by atomic mass is 32.2. The molecule has 0 spiro atoms. The van der Waals surface area contributed by atoms with Crippen molar-refractivity contribution >= 4 is 21.8 Å². The summed E-state index contributed by atoms with van der Waals surface area (Å²) in [7, 11) is -0.880. The predicted molar refractivity (Wildman–Crippen MR) is 143 cm³/mol. The number of carbonyl (C=O) groups excluding carboxylic acids is 2. The van der Waals surface area contributed by atoms with Crippen molar-refractivity contribution in [1.29, 1.82) is 0 Å². The molecule has 0 aliphatic carbocycles. The Hall–Kier alpha value is -3.17. The lowest BCUT2D eigenvalue weighted by Crippen LogP contribution is -2.66. The molecule has 0 radical (unpaired) electrons. The summed E-state index contributed by atoms with van der Waals surface area (Å²) in [5.74, 6) is -0.710. The number of ether oxygens (including phenoxy) is 2. The number of likely N-dealkylation sites (N-methyl/N-ethyl adjacent to an activating group) is 1. The lowest BCUT2D eigenvalue weighted by molar-refractivity contribution is -0.203. The van der Waals surface area contributed by atoms with E-state index in [0.717, 1.165) is 12.8 Å². The van der Waals surface area contributed by atoms with Gasteiger partial charge in [-0.1, -0.05) is 0 Å². The maximum Gasteiger partial charge on any atom is 0.263 e. The van der Waals surface area contributed by atoms with E-state index >= 15 is 0 Å². The van der Waals surface area contributed by atoms with Gasteiger partial charge in [0.25, 0.3) is 5.91 Å². The second-order valence-corrected chi connectivity index (χ2v) is 12.4. The van der Waals surface area contributed by atoms with Crippen molar-refractivity contribution in [2.45, 2.75) is 61.4 Å². The second kappa shape index (κ2) is 12.4. The summed E-state index contributed by atoms with van der Waals surface area (Å²) in [6.45, 7) is 0.609. The van der Waals surface area contributed by atoms with Crippen molar-refractivity contribution in [2.24, 2.45) is 0 Å². The van der Waals surface area contributed by atoms with Crippen molar-refractivity contribution < 1.29 is 36.7 Å². The molecule has 12 nitrogen and oxygen atoms in total. The largest absolute Gasteiger partial charge is 0.439 e. The van der Waals surface area contributed by atoms with E-state index in [1.165, 1.54) is 51.8 Å². The molecular weight excluding hydrogens is 557 g/mol. The molecule has 41 heavy (non-hydrogen) atoms. The third-order valence-corrected chi connectivity index (χ3v) is 9.45. The van der Waals surface area contributed by atoms with E-state index in [1.807, 2.05) is 4.90 Å². The Kier molecular flexibility index (Phi) is 8.85. The Labute approximate surface area is 238 Å². The number of hydrogen-bond acceptors (Lipinski definition) is 9. The van der Waals surface area contributed by atoms with Crippen LogP contribution in [0.25, 0.3) is 0 Å². The summed E-state index contributed by atoms with van der Waals surface area (Å²) >= 11 is 0. The number of nitrogens with zero attached hydrogens (tertiary/aromatic N) is 4. The molecule has 4 heterocycles. The van der Waals surface area contributed by atoms with E-state index in [9.17, 15) is 22.4 Å². The minimum atomic E-state index is -4.19. The van der Waals surface area contributed by atoms with Crippen LogP contribution in [0.3, 0.4) is 0 Å². The van der Waals surface area contributed by atoms with Crippen molar-refractivity contribution in [3.63, 3.8) is 0 Å². The zero-order chi connectivity index (χ0) is 29.1. The van der Waals surface area contributed by atoms with E-state index in [4.69, 9.17) is 14.3 Å². The van der Waals surface area contributed by atoms with Gasteiger partial charge in [-0.3, -0.25) is 14.5 Å². The minimum absolute atomic E-state index is 0.0192. The molecule has 3 saturated heterocycles. The number of rotatable bonds is 9. The highest BCUT2D eigenvalue weighted by Crippen LogP contribution is 2.37. The second-order valence-electron chi connectivity index (χ2n) is 10.5. The van der Waals surface area contributed by atoms with E-state index in [2.05, 4.69) is 10.5 Å². The van der Waals surface area contributed by atoms with E-state index in [1.54, 1.807) is 14.1 Å². The Balaban J connectivity index is 1.38. The molecule has 1 N–H and O–H groups in total. The van der Waals surface area contributed by atoms with Crippen molar-refractivity contribution in [3.8, 4) is 11.6 Å². The van der Waals surface area contributed by atoms with Crippen LogP contribution in [0.1, 0.15) is 32.1 Å². The van der Waals surface area contributed by atoms with Crippen molar-refractivity contribution in [2.75, 3.05) is 33.8 Å². The molecular formula is C27H34FN5O7S. The fraction of sp³-hybridized carbons (Fsp3) is 0.519. The van der Waals surface area contributed by atoms with Crippen LogP contribution in [0.2, 0.25) is 0 Å². The maximum atomic E-state index is 13.9. The molecule has 3 aliphatic heterocycles. The number of hydrogen-bond donors (Lipinski definition) is 1. The van der Waals surface area contributed by atoms with Crippen LogP contribution >= 0.6 is 0 Å². The Morgan fingerprint density at radius 2 is 1.90 bits per heavy atom. The van der Waals surface area contributed by atoms with Gasteiger partial charge in [0.15, 0.2) is 6.29 Å². The number of aromatic nitrogens is 1. The number of amides is 2. The first-order valence-electron chi connectivity index (χ1n) is 13.6. The Bertz CT molecular complexity index is 1340. The molecule has 1 aromatic heterocycles. The molecule has 222 valence electrons. The summed E-state index contributed by atoms with van der Waals surface area (Å²) in [6.07, 6.45) is 4.14. The van der Waals surface area contributed by atoms with Gasteiger partial charge in [-0.25, -0.2) is 28.1 Å². The fourth-order valence-corrected chi connectivity index (χ4v) is 7.04. The lowest BCUT2D eigenvalue weighted by atomic mass is 10.0. The molecule has 2 aromatic rings. The van der Waals surface area contributed by atoms with Crippen LogP contribution in [-0.2, 0) is 29.2 Å². The Morgan fingerprint density at radius 1 is 1.12 bits per heavy atom. The smallest absolute Gasteiger partial charge is 0.263 e. The zero-order valence-corrected chi connectivity index (χ0v) is 23.8. The van der Waals surface area contributed by atoms with Gasteiger partial charge >= 0.3 is 0 Å². The van der Waals surface area contributed by atoms with Crippen LogP contribution in [-0.4, -0.2) is 97.5 Å². The summed E-state index contributed by atoms with van der Waals surface area (Å²) in [6, 6.07) is 6.18. The number of piperazine rings is 1. The summed E-state index contributed by atoms with van der Waals surface area (Å²) < 4.78 is 53.4. The number of pyridine rings is 1. The first-order chi connectivity index (χ1) is 19.6. The van der Waals surface area contributed by atoms with Crippen molar-refractivity contribution in [3.05, 3.63) is 48.4 Å². The Morgan fingerprint density at radius 3 is 2.56 bits per heavy atom. The first-order valence-corrected chi connectivity index (χ1v) is 15.0. The number of hydroxylamine groups is 1. The number of benzene rings is 1. The third kappa shape index (κ3) is 6.51. The minimum Gasteiger partial charge on any atom is -0.439 e. The summed E-state index contributed by atoms with van der Waals surface area (Å²) in [4.78, 5) is 39.1. The molecule has 1 unspecified atom stereocenters. The number of fused-ring (bicyclic) bond motifs is 2. The van der Waals surface area contributed by atoms with Gasteiger partial charge in [-0.2, -0.15) is 4.31 Å². The third-order valence-electron chi connectivity index (χ3n) is 7.62. The topological polar surface area (TPSA) is 131 Å². The predicted octanol–water partition coefficient (Wildman–Crippen LogP) is 1.88. The molecule has 3 aliphatic rings. The molecule has 14 heteroatoms. The van der Waals surface area contributed by atoms with Crippen LogP contribution in [0, 0.1) is 5.82 Å². The monoisotopic (exact) mass is 591 g/mol.